The average molecular weight is 478 g/mol. The molecule has 6 heteroatoms. The van der Waals surface area contributed by atoms with E-state index in [0.29, 0.717) is 0 Å². The zero-order valence-electron chi connectivity index (χ0n) is 22.0. The molecule has 0 spiro atoms. The highest BCUT2D eigenvalue weighted by Gasteiger charge is 2.48. The van der Waals surface area contributed by atoms with Crippen LogP contribution in [0.1, 0.15) is 70.1 Å². The summed E-state index contributed by atoms with van der Waals surface area (Å²) in [6.07, 6.45) is 3.99. The van der Waals surface area contributed by atoms with Crippen LogP contribution in [0.2, 0.25) is 0 Å². The molecule has 1 fully saturated rings. The van der Waals surface area contributed by atoms with Crippen molar-refractivity contribution >= 4 is 17.4 Å². The van der Waals surface area contributed by atoms with E-state index in [1.54, 1.807) is 4.90 Å². The van der Waals surface area contributed by atoms with E-state index in [4.69, 9.17) is 9.47 Å². The van der Waals surface area contributed by atoms with Crippen molar-refractivity contribution in [3.63, 3.8) is 0 Å². The van der Waals surface area contributed by atoms with Crippen molar-refractivity contribution in [2.75, 3.05) is 29.9 Å². The number of hydrogen-bond donors (Lipinski definition) is 1. The molecule has 0 radical (unpaired) electrons. The quantitative estimate of drug-likeness (QED) is 0.512. The van der Waals surface area contributed by atoms with Gasteiger partial charge in [-0.1, -0.05) is 58.0 Å². The summed E-state index contributed by atoms with van der Waals surface area (Å²) in [5.74, 6) is -0.796. The summed E-state index contributed by atoms with van der Waals surface area (Å²) in [6, 6.07) is 14.1. The van der Waals surface area contributed by atoms with Crippen LogP contribution in [0, 0.1) is 0 Å². The molecule has 2 aromatic rings. The molecule has 2 aliphatic rings. The Kier molecular flexibility index (Phi) is 7.25. The third-order valence-corrected chi connectivity index (χ3v) is 7.05. The summed E-state index contributed by atoms with van der Waals surface area (Å²) >= 11 is 0. The second kappa shape index (κ2) is 10.0. The van der Waals surface area contributed by atoms with Crippen LogP contribution in [-0.2, 0) is 15.4 Å². The predicted octanol–water partition coefficient (Wildman–Crippen LogP) is 6.09. The van der Waals surface area contributed by atoms with Gasteiger partial charge in [-0.25, -0.2) is 4.79 Å². The summed E-state index contributed by atoms with van der Waals surface area (Å²) < 4.78 is 12.6. The molecule has 2 amide bonds. The van der Waals surface area contributed by atoms with Gasteiger partial charge in [0.15, 0.2) is 0 Å². The fraction of sp³-hybridized carbons (Fsp3) is 0.483. The van der Waals surface area contributed by atoms with Gasteiger partial charge in [-0.05, 0) is 61.1 Å². The summed E-state index contributed by atoms with van der Waals surface area (Å²) in [7, 11) is 1.82. The van der Waals surface area contributed by atoms with Gasteiger partial charge in [0.05, 0.1) is 17.9 Å². The van der Waals surface area contributed by atoms with Crippen LogP contribution in [0.5, 0.6) is 0 Å². The number of para-hydroxylation sites is 1. The molecule has 1 N–H and O–H groups in total. The summed E-state index contributed by atoms with van der Waals surface area (Å²) in [5.41, 5.74) is 5.13. The van der Waals surface area contributed by atoms with Crippen LogP contribution < -0.4 is 15.1 Å². The largest absolute Gasteiger partial charge is 0.364 e. The standard InChI is InChI=1S/C29H39N3O3/c1-19(2)25-11-10-12-26(20(3)4)27(25)31(7)28(33)30-29(34-21(5)22(6)35-29)23-13-15-24(16-14-23)32-17-8-9-18-32/h8-16,19-22H,17-18H2,1-7H3,(H,30,33)/t21-,22-/m1/s1. The number of carbonyl (C=O) groups excluding carboxylic acids is 1. The van der Waals surface area contributed by atoms with Crippen LogP contribution in [0.4, 0.5) is 16.2 Å². The van der Waals surface area contributed by atoms with E-state index in [0.717, 1.165) is 41.2 Å². The van der Waals surface area contributed by atoms with Gasteiger partial charge < -0.3 is 14.4 Å². The van der Waals surface area contributed by atoms with Crippen molar-refractivity contribution in [3.8, 4) is 0 Å². The Hall–Kier alpha value is -2.83. The van der Waals surface area contributed by atoms with Crippen molar-refractivity contribution in [1.29, 1.82) is 0 Å². The highest BCUT2D eigenvalue weighted by atomic mass is 16.8. The maximum absolute atomic E-state index is 13.8. The predicted molar refractivity (Wildman–Crippen MR) is 142 cm³/mol. The fourth-order valence-corrected chi connectivity index (χ4v) is 4.82. The molecule has 6 nitrogen and oxygen atoms in total. The minimum Gasteiger partial charge on any atom is -0.364 e. The Bertz CT molecular complexity index is 1030. The van der Waals surface area contributed by atoms with E-state index in [1.807, 2.05) is 33.0 Å². The minimum absolute atomic E-state index is 0.169. The Morgan fingerprint density at radius 1 is 0.943 bits per heavy atom. The van der Waals surface area contributed by atoms with Crippen LogP contribution in [-0.4, -0.2) is 38.4 Å². The van der Waals surface area contributed by atoms with E-state index in [2.05, 4.69) is 80.4 Å². The first-order valence-electron chi connectivity index (χ1n) is 12.7. The van der Waals surface area contributed by atoms with Gasteiger partial charge in [0.25, 0.3) is 5.91 Å². The van der Waals surface area contributed by atoms with Crippen LogP contribution in [0.25, 0.3) is 0 Å². The third kappa shape index (κ3) is 4.95. The molecule has 0 aliphatic carbocycles. The van der Waals surface area contributed by atoms with Crippen LogP contribution >= 0.6 is 0 Å². The first-order chi connectivity index (χ1) is 16.6. The smallest absolute Gasteiger partial charge is 0.326 e. The summed E-state index contributed by atoms with van der Waals surface area (Å²) in [4.78, 5) is 17.7. The first-order valence-corrected chi connectivity index (χ1v) is 12.7. The van der Waals surface area contributed by atoms with E-state index in [9.17, 15) is 4.79 Å². The number of benzene rings is 2. The second-order valence-corrected chi connectivity index (χ2v) is 10.3. The van der Waals surface area contributed by atoms with Crippen LogP contribution in [0.15, 0.2) is 54.6 Å². The van der Waals surface area contributed by atoms with Crippen molar-refractivity contribution in [1.82, 2.24) is 5.32 Å². The van der Waals surface area contributed by atoms with E-state index < -0.39 is 5.91 Å². The lowest BCUT2D eigenvalue weighted by molar-refractivity contribution is -0.196. The number of ether oxygens (including phenoxy) is 2. The van der Waals surface area contributed by atoms with Crippen LogP contribution in [0.3, 0.4) is 0 Å². The second-order valence-electron chi connectivity index (χ2n) is 10.3. The summed E-state index contributed by atoms with van der Waals surface area (Å²) in [5, 5.41) is 3.11. The molecule has 0 saturated carbocycles. The minimum atomic E-state index is -1.35. The average Bonchev–Trinajstić information content (AvgIpc) is 3.47. The van der Waals surface area contributed by atoms with Gasteiger partial charge in [-0.2, -0.15) is 0 Å². The number of nitrogens with one attached hydrogen (secondary N) is 1. The molecular formula is C29H39N3O3. The van der Waals surface area contributed by atoms with E-state index >= 15 is 0 Å². The molecule has 188 valence electrons. The Balaban J connectivity index is 1.66. The Labute approximate surface area is 209 Å². The van der Waals surface area contributed by atoms with E-state index in [1.165, 1.54) is 0 Å². The van der Waals surface area contributed by atoms with Gasteiger partial charge in [-0.15, -0.1) is 0 Å². The Morgan fingerprint density at radius 2 is 1.46 bits per heavy atom. The van der Waals surface area contributed by atoms with E-state index in [-0.39, 0.29) is 30.1 Å². The Morgan fingerprint density at radius 3 is 1.94 bits per heavy atom. The topological polar surface area (TPSA) is 54.0 Å². The molecular weight excluding hydrogens is 438 g/mol. The normalized spacial score (nSPS) is 21.2. The first kappa shape index (κ1) is 25.3. The maximum atomic E-state index is 13.8. The monoisotopic (exact) mass is 477 g/mol. The number of rotatable bonds is 6. The third-order valence-electron chi connectivity index (χ3n) is 7.05. The zero-order valence-corrected chi connectivity index (χ0v) is 22.0. The molecule has 2 aliphatic heterocycles. The lowest BCUT2D eigenvalue weighted by Crippen LogP contribution is -2.52. The van der Waals surface area contributed by atoms with Gasteiger partial charge >= 0.3 is 6.03 Å². The van der Waals surface area contributed by atoms with Gasteiger partial charge in [-0.3, -0.25) is 10.2 Å². The molecule has 2 aromatic carbocycles. The highest BCUT2D eigenvalue weighted by Crippen LogP contribution is 2.38. The molecule has 2 atom stereocenters. The molecule has 0 unspecified atom stereocenters. The number of anilines is 2. The molecule has 4 rings (SSSR count). The fourth-order valence-electron chi connectivity index (χ4n) is 4.82. The molecule has 1 saturated heterocycles. The molecule has 35 heavy (non-hydrogen) atoms. The van der Waals surface area contributed by atoms with Crippen molar-refractivity contribution in [2.45, 2.75) is 71.5 Å². The lowest BCUT2D eigenvalue weighted by Gasteiger charge is -2.33. The van der Waals surface area contributed by atoms with Crippen molar-refractivity contribution < 1.29 is 14.3 Å². The number of urea groups is 1. The highest BCUT2D eigenvalue weighted by molar-refractivity contribution is 5.94. The molecule has 0 aromatic heterocycles. The molecule has 2 heterocycles. The summed E-state index contributed by atoms with van der Waals surface area (Å²) in [6.45, 7) is 14.4. The number of nitrogens with zero attached hydrogens (tertiary/aromatic N) is 2. The number of hydrogen-bond acceptors (Lipinski definition) is 4. The van der Waals surface area contributed by atoms with Gasteiger partial charge in [0, 0.05) is 31.4 Å². The van der Waals surface area contributed by atoms with Crippen molar-refractivity contribution in [3.05, 3.63) is 71.3 Å². The van der Waals surface area contributed by atoms with Gasteiger partial charge in [0.2, 0.25) is 0 Å². The number of amides is 2. The zero-order chi connectivity index (χ0) is 25.3. The van der Waals surface area contributed by atoms with Crippen molar-refractivity contribution in [2.24, 2.45) is 0 Å². The van der Waals surface area contributed by atoms with Gasteiger partial charge in [0.1, 0.15) is 0 Å². The maximum Gasteiger partial charge on any atom is 0.326 e. The molecule has 0 bridgehead atoms. The number of carbonyl (C=O) groups is 1. The lowest BCUT2D eigenvalue weighted by atomic mass is 9.92. The SMILES string of the molecule is CC(C)c1cccc(C(C)C)c1N(C)C(=O)NC1(c2ccc(N3CC=CC3)cc2)O[C@H](C)[C@@H](C)O1.